The molecule has 15 heavy (non-hydrogen) atoms. The first-order valence-corrected chi connectivity index (χ1v) is 5.38. The highest BCUT2D eigenvalue weighted by Crippen LogP contribution is 2.24. The van der Waals surface area contributed by atoms with Crippen molar-refractivity contribution in [1.29, 1.82) is 0 Å². The van der Waals surface area contributed by atoms with Crippen molar-refractivity contribution in [2.45, 2.75) is 33.1 Å². The minimum Gasteiger partial charge on any atom is -0.481 e. The molecule has 0 amide bonds. The second kappa shape index (κ2) is 4.96. The van der Waals surface area contributed by atoms with Gasteiger partial charge in [-0.2, -0.15) is 0 Å². The van der Waals surface area contributed by atoms with Gasteiger partial charge in [0.15, 0.2) is 0 Å². The standard InChI is InChI=1S/C13H18O2/c1-4-10-5-7-11(8-6-10)12(9(2)3)13(14)15/h5-9,12H,4H2,1-3H3,(H,14,15). The number of carboxylic acid groups (broad SMARTS) is 1. The SMILES string of the molecule is CCc1ccc(C(C(=O)O)C(C)C)cc1. The number of aryl methyl sites for hydroxylation is 1. The molecular formula is C13H18O2. The molecule has 1 atom stereocenters. The number of carbonyl (C=O) groups is 1. The highest BCUT2D eigenvalue weighted by atomic mass is 16.4. The van der Waals surface area contributed by atoms with Gasteiger partial charge in [0.2, 0.25) is 0 Å². The van der Waals surface area contributed by atoms with E-state index < -0.39 is 11.9 Å². The van der Waals surface area contributed by atoms with E-state index in [-0.39, 0.29) is 5.92 Å². The summed E-state index contributed by atoms with van der Waals surface area (Å²) in [6, 6.07) is 7.87. The number of rotatable bonds is 4. The fourth-order valence-electron chi connectivity index (χ4n) is 1.77. The van der Waals surface area contributed by atoms with Gasteiger partial charge in [-0.1, -0.05) is 45.0 Å². The normalized spacial score (nSPS) is 12.8. The van der Waals surface area contributed by atoms with E-state index in [0.717, 1.165) is 12.0 Å². The zero-order valence-corrected chi connectivity index (χ0v) is 9.53. The Labute approximate surface area is 90.9 Å². The van der Waals surface area contributed by atoms with Gasteiger partial charge in [0.05, 0.1) is 5.92 Å². The summed E-state index contributed by atoms with van der Waals surface area (Å²) in [6.07, 6.45) is 0.986. The van der Waals surface area contributed by atoms with E-state index in [1.807, 2.05) is 38.1 Å². The molecule has 0 heterocycles. The Hall–Kier alpha value is -1.31. The van der Waals surface area contributed by atoms with Crippen LogP contribution in [0.25, 0.3) is 0 Å². The first-order chi connectivity index (χ1) is 7.06. The average Bonchev–Trinajstić information content (AvgIpc) is 2.18. The van der Waals surface area contributed by atoms with Gasteiger partial charge in [0.25, 0.3) is 0 Å². The lowest BCUT2D eigenvalue weighted by molar-refractivity contribution is -0.139. The molecule has 1 aromatic carbocycles. The van der Waals surface area contributed by atoms with Gasteiger partial charge in [-0.3, -0.25) is 4.79 Å². The molecule has 0 aromatic heterocycles. The maximum Gasteiger partial charge on any atom is 0.311 e. The van der Waals surface area contributed by atoms with Gasteiger partial charge in [0, 0.05) is 0 Å². The van der Waals surface area contributed by atoms with Crippen molar-refractivity contribution in [1.82, 2.24) is 0 Å². The van der Waals surface area contributed by atoms with Crippen LogP contribution < -0.4 is 0 Å². The Bertz CT molecular complexity index is 325. The Balaban J connectivity index is 2.97. The van der Waals surface area contributed by atoms with Crippen LogP contribution in [0.1, 0.15) is 37.8 Å². The number of hydrogen-bond acceptors (Lipinski definition) is 1. The number of carboxylic acids is 1. The van der Waals surface area contributed by atoms with Crippen LogP contribution in [-0.2, 0) is 11.2 Å². The highest BCUT2D eigenvalue weighted by Gasteiger charge is 2.22. The third-order valence-electron chi connectivity index (χ3n) is 2.68. The summed E-state index contributed by atoms with van der Waals surface area (Å²) in [5.74, 6) is -1.01. The van der Waals surface area contributed by atoms with E-state index in [1.165, 1.54) is 5.56 Å². The second-order valence-electron chi connectivity index (χ2n) is 4.16. The van der Waals surface area contributed by atoms with Crippen LogP contribution in [0.5, 0.6) is 0 Å². The lowest BCUT2D eigenvalue weighted by Gasteiger charge is -2.16. The molecule has 0 aliphatic rings. The van der Waals surface area contributed by atoms with Crippen molar-refractivity contribution in [2.24, 2.45) is 5.92 Å². The van der Waals surface area contributed by atoms with Crippen LogP contribution in [0, 0.1) is 5.92 Å². The van der Waals surface area contributed by atoms with Gasteiger partial charge in [-0.15, -0.1) is 0 Å². The third-order valence-corrected chi connectivity index (χ3v) is 2.68. The third kappa shape index (κ3) is 2.82. The van der Waals surface area contributed by atoms with E-state index >= 15 is 0 Å². The molecule has 0 bridgehead atoms. The molecule has 0 radical (unpaired) electrons. The first-order valence-electron chi connectivity index (χ1n) is 5.38. The van der Waals surface area contributed by atoms with E-state index in [9.17, 15) is 4.79 Å². The van der Waals surface area contributed by atoms with Gasteiger partial charge < -0.3 is 5.11 Å². The molecule has 0 saturated carbocycles. The second-order valence-corrected chi connectivity index (χ2v) is 4.16. The summed E-state index contributed by atoms with van der Waals surface area (Å²) in [5.41, 5.74) is 2.14. The molecule has 0 spiro atoms. The molecule has 0 fully saturated rings. The van der Waals surface area contributed by atoms with E-state index in [1.54, 1.807) is 0 Å². The van der Waals surface area contributed by atoms with E-state index in [4.69, 9.17) is 5.11 Å². The Morgan fingerprint density at radius 3 is 2.13 bits per heavy atom. The average molecular weight is 206 g/mol. The quantitative estimate of drug-likeness (QED) is 0.822. The molecule has 1 unspecified atom stereocenters. The zero-order chi connectivity index (χ0) is 11.4. The number of benzene rings is 1. The fraction of sp³-hybridized carbons (Fsp3) is 0.462. The van der Waals surface area contributed by atoms with Crippen molar-refractivity contribution < 1.29 is 9.90 Å². The predicted molar refractivity (Wildman–Crippen MR) is 61.0 cm³/mol. The van der Waals surface area contributed by atoms with Crippen LogP contribution in [0.15, 0.2) is 24.3 Å². The minimum atomic E-state index is -0.741. The Morgan fingerprint density at radius 2 is 1.80 bits per heavy atom. The Kier molecular flexibility index (Phi) is 3.89. The molecule has 1 N–H and O–H groups in total. The van der Waals surface area contributed by atoms with Crippen LogP contribution >= 0.6 is 0 Å². The summed E-state index contributed by atoms with van der Waals surface area (Å²) >= 11 is 0. The van der Waals surface area contributed by atoms with E-state index in [2.05, 4.69) is 6.92 Å². The molecule has 0 aliphatic heterocycles. The van der Waals surface area contributed by atoms with Crippen molar-refractivity contribution >= 4 is 5.97 Å². The van der Waals surface area contributed by atoms with Crippen molar-refractivity contribution in [3.8, 4) is 0 Å². The molecule has 1 aromatic rings. The first kappa shape index (κ1) is 11.8. The fourth-order valence-corrected chi connectivity index (χ4v) is 1.77. The van der Waals surface area contributed by atoms with Crippen LogP contribution in [-0.4, -0.2) is 11.1 Å². The monoisotopic (exact) mass is 206 g/mol. The molecule has 82 valence electrons. The van der Waals surface area contributed by atoms with Gasteiger partial charge in [-0.25, -0.2) is 0 Å². The molecule has 2 nitrogen and oxygen atoms in total. The maximum absolute atomic E-state index is 11.1. The smallest absolute Gasteiger partial charge is 0.311 e. The molecular weight excluding hydrogens is 188 g/mol. The molecule has 1 rings (SSSR count). The van der Waals surface area contributed by atoms with E-state index in [0.29, 0.717) is 0 Å². The predicted octanol–water partition coefficient (Wildman–Crippen LogP) is 3.07. The van der Waals surface area contributed by atoms with Crippen molar-refractivity contribution in [3.63, 3.8) is 0 Å². The zero-order valence-electron chi connectivity index (χ0n) is 9.53. The number of aliphatic carboxylic acids is 1. The summed E-state index contributed by atoms with van der Waals surface area (Å²) in [5, 5.41) is 9.12. The summed E-state index contributed by atoms with van der Waals surface area (Å²) in [6.45, 7) is 5.96. The van der Waals surface area contributed by atoms with Gasteiger partial charge in [0.1, 0.15) is 0 Å². The Morgan fingerprint density at radius 1 is 1.27 bits per heavy atom. The summed E-state index contributed by atoms with van der Waals surface area (Å²) in [4.78, 5) is 11.1. The maximum atomic E-state index is 11.1. The van der Waals surface area contributed by atoms with Crippen molar-refractivity contribution in [3.05, 3.63) is 35.4 Å². The number of hydrogen-bond donors (Lipinski definition) is 1. The van der Waals surface area contributed by atoms with Crippen molar-refractivity contribution in [2.75, 3.05) is 0 Å². The topological polar surface area (TPSA) is 37.3 Å². The summed E-state index contributed by atoms with van der Waals surface area (Å²) < 4.78 is 0. The summed E-state index contributed by atoms with van der Waals surface area (Å²) in [7, 11) is 0. The lowest BCUT2D eigenvalue weighted by atomic mass is 9.88. The van der Waals surface area contributed by atoms with Crippen LogP contribution in [0.2, 0.25) is 0 Å². The minimum absolute atomic E-state index is 0.120. The molecule has 0 saturated heterocycles. The highest BCUT2D eigenvalue weighted by molar-refractivity contribution is 5.76. The van der Waals surface area contributed by atoms with Gasteiger partial charge in [-0.05, 0) is 23.5 Å². The molecule has 2 heteroatoms. The van der Waals surface area contributed by atoms with Crippen LogP contribution in [0.4, 0.5) is 0 Å². The molecule has 0 aliphatic carbocycles. The largest absolute Gasteiger partial charge is 0.481 e. The van der Waals surface area contributed by atoms with Gasteiger partial charge >= 0.3 is 5.97 Å². The van der Waals surface area contributed by atoms with Crippen LogP contribution in [0.3, 0.4) is 0 Å². The lowest BCUT2D eigenvalue weighted by Crippen LogP contribution is -2.17.